The van der Waals surface area contributed by atoms with Crippen molar-refractivity contribution in [3.8, 4) is 11.3 Å². The fraction of sp³-hybridized carbons (Fsp3) is 0.250. The molecule has 0 atom stereocenters. The molecule has 5 rings (SSSR count). The lowest BCUT2D eigenvalue weighted by atomic mass is 9.96. The van der Waals surface area contributed by atoms with Gasteiger partial charge in [0.1, 0.15) is 5.69 Å². The van der Waals surface area contributed by atoms with E-state index in [4.69, 9.17) is 0 Å². The molecule has 1 aromatic carbocycles. The van der Waals surface area contributed by atoms with Crippen molar-refractivity contribution in [2.24, 2.45) is 5.92 Å². The number of fused-ring (bicyclic) bond motifs is 1. The topological polar surface area (TPSA) is 83.9 Å². The molecular formula is C24H23N5O2. The summed E-state index contributed by atoms with van der Waals surface area (Å²) in [5, 5.41) is 5.60. The number of hydrogen-bond donors (Lipinski definition) is 1. The number of nitrogens with zero attached hydrogens (tertiary/aromatic N) is 4. The zero-order valence-corrected chi connectivity index (χ0v) is 17.1. The summed E-state index contributed by atoms with van der Waals surface area (Å²) in [5.74, 6) is 0.342. The molecule has 1 amide bonds. The molecule has 0 radical (unpaired) electrons. The first kappa shape index (κ1) is 19.2. The Morgan fingerprint density at radius 3 is 2.58 bits per heavy atom. The highest BCUT2D eigenvalue weighted by Gasteiger charge is 2.25. The van der Waals surface area contributed by atoms with Gasteiger partial charge in [-0.1, -0.05) is 18.2 Å². The maximum atomic E-state index is 12.9. The first-order valence-corrected chi connectivity index (χ1v) is 10.5. The molecule has 0 bridgehead atoms. The van der Waals surface area contributed by atoms with Gasteiger partial charge in [-0.15, -0.1) is 0 Å². The third-order valence-corrected chi connectivity index (χ3v) is 5.94. The van der Waals surface area contributed by atoms with Gasteiger partial charge in [0.2, 0.25) is 0 Å². The molecule has 7 nitrogen and oxygen atoms in total. The molecule has 1 aliphatic rings. The van der Waals surface area contributed by atoms with Crippen LogP contribution in [-0.4, -0.2) is 43.6 Å². The number of aromatic amines is 1. The first-order chi connectivity index (χ1) is 15.2. The number of H-pyrrole nitrogens is 1. The van der Waals surface area contributed by atoms with E-state index in [0.717, 1.165) is 35.0 Å². The number of nitrogens with one attached hydrogen (secondary N) is 1. The van der Waals surface area contributed by atoms with Crippen molar-refractivity contribution in [2.75, 3.05) is 13.1 Å². The Kier molecular flexibility index (Phi) is 5.08. The number of benzene rings is 1. The maximum Gasteiger partial charge on any atom is 0.270 e. The first-order valence-electron chi connectivity index (χ1n) is 10.5. The largest absolute Gasteiger partial charge is 0.351 e. The molecule has 3 aromatic heterocycles. The van der Waals surface area contributed by atoms with Crippen molar-refractivity contribution in [1.29, 1.82) is 0 Å². The maximum absolute atomic E-state index is 12.9. The number of carbonyl (C=O) groups excluding carboxylic acids is 1. The number of aromatic nitrogens is 4. The minimum atomic E-state index is -0.102. The molecule has 7 heteroatoms. The quantitative estimate of drug-likeness (QED) is 0.556. The van der Waals surface area contributed by atoms with Gasteiger partial charge in [-0.25, -0.2) is 4.68 Å². The summed E-state index contributed by atoms with van der Waals surface area (Å²) < 4.78 is 1.55. The van der Waals surface area contributed by atoms with E-state index in [-0.39, 0.29) is 11.5 Å². The van der Waals surface area contributed by atoms with E-state index in [2.05, 4.69) is 15.1 Å². The Morgan fingerprint density at radius 2 is 1.81 bits per heavy atom. The van der Waals surface area contributed by atoms with E-state index in [1.165, 1.54) is 0 Å². The Hall–Kier alpha value is -3.74. The van der Waals surface area contributed by atoms with Gasteiger partial charge < -0.3 is 9.88 Å². The number of carbonyl (C=O) groups is 1. The second kappa shape index (κ2) is 8.18. The average Bonchev–Trinajstić information content (AvgIpc) is 3.25. The average molecular weight is 413 g/mol. The van der Waals surface area contributed by atoms with Gasteiger partial charge in [-0.3, -0.25) is 14.6 Å². The fourth-order valence-electron chi connectivity index (χ4n) is 4.18. The van der Waals surface area contributed by atoms with Crippen LogP contribution in [0.1, 0.15) is 23.3 Å². The number of amides is 1. The summed E-state index contributed by atoms with van der Waals surface area (Å²) in [5.41, 5.74) is 3.19. The Labute approximate surface area is 179 Å². The minimum Gasteiger partial charge on any atom is -0.351 e. The van der Waals surface area contributed by atoms with E-state index >= 15 is 0 Å². The van der Waals surface area contributed by atoms with Crippen LogP contribution in [0.5, 0.6) is 0 Å². The Bertz CT molecular complexity index is 1240. The van der Waals surface area contributed by atoms with Crippen molar-refractivity contribution >= 4 is 16.8 Å². The summed E-state index contributed by atoms with van der Waals surface area (Å²) in [6.07, 6.45) is 5.12. The van der Waals surface area contributed by atoms with Crippen molar-refractivity contribution in [1.82, 2.24) is 24.6 Å². The molecule has 1 N–H and O–H groups in total. The van der Waals surface area contributed by atoms with Crippen LogP contribution in [0.15, 0.2) is 71.8 Å². The molecule has 31 heavy (non-hydrogen) atoms. The van der Waals surface area contributed by atoms with Crippen molar-refractivity contribution < 1.29 is 4.79 Å². The Balaban J connectivity index is 1.25. The molecule has 0 unspecified atom stereocenters. The third-order valence-electron chi connectivity index (χ3n) is 5.94. The molecule has 0 aliphatic carbocycles. The van der Waals surface area contributed by atoms with E-state index in [1.54, 1.807) is 29.2 Å². The lowest BCUT2D eigenvalue weighted by Crippen LogP contribution is -2.40. The van der Waals surface area contributed by atoms with E-state index in [0.29, 0.717) is 31.2 Å². The second-order valence-electron chi connectivity index (χ2n) is 7.98. The van der Waals surface area contributed by atoms with Crippen molar-refractivity contribution in [3.63, 3.8) is 0 Å². The van der Waals surface area contributed by atoms with Gasteiger partial charge in [-0.2, -0.15) is 5.10 Å². The standard InChI is InChI=1S/C24H23N5O2/c30-23-6-5-21(18-7-11-25-12-8-18)27-29(23)16-17-9-13-28(14-10-17)24(31)22-15-19-3-1-2-4-20(19)26-22/h1-8,11-12,15,17,26H,9-10,13-14,16H2. The molecule has 156 valence electrons. The number of hydrogen-bond acceptors (Lipinski definition) is 4. The highest BCUT2D eigenvalue weighted by molar-refractivity contribution is 5.98. The van der Waals surface area contributed by atoms with Crippen LogP contribution in [-0.2, 0) is 6.54 Å². The number of para-hydroxylation sites is 1. The van der Waals surface area contributed by atoms with Crippen LogP contribution in [0.25, 0.3) is 22.2 Å². The normalized spacial score (nSPS) is 14.8. The molecule has 1 fully saturated rings. The van der Waals surface area contributed by atoms with Crippen molar-refractivity contribution in [2.45, 2.75) is 19.4 Å². The van der Waals surface area contributed by atoms with Crippen LogP contribution >= 0.6 is 0 Å². The van der Waals surface area contributed by atoms with Gasteiger partial charge in [-0.05, 0) is 49.1 Å². The van der Waals surface area contributed by atoms with Crippen LogP contribution in [0.3, 0.4) is 0 Å². The third kappa shape index (κ3) is 3.99. The molecule has 1 aliphatic heterocycles. The lowest BCUT2D eigenvalue weighted by Gasteiger charge is -2.31. The van der Waals surface area contributed by atoms with Crippen LogP contribution in [0.4, 0.5) is 0 Å². The van der Waals surface area contributed by atoms with E-state index in [9.17, 15) is 9.59 Å². The SMILES string of the molecule is O=C(c1cc2ccccc2[nH]1)N1CCC(Cn2nc(-c3ccncc3)ccc2=O)CC1. The number of piperidine rings is 1. The molecule has 0 saturated carbocycles. The van der Waals surface area contributed by atoms with Crippen LogP contribution < -0.4 is 5.56 Å². The molecule has 0 spiro atoms. The molecule has 1 saturated heterocycles. The molecule has 4 heterocycles. The van der Waals surface area contributed by atoms with Gasteiger partial charge in [0, 0.05) is 54.6 Å². The fourth-order valence-corrected chi connectivity index (χ4v) is 4.18. The molecule has 4 aromatic rings. The zero-order chi connectivity index (χ0) is 21.2. The van der Waals surface area contributed by atoms with Crippen LogP contribution in [0.2, 0.25) is 0 Å². The molecular weight excluding hydrogens is 390 g/mol. The van der Waals surface area contributed by atoms with Gasteiger partial charge in [0.25, 0.3) is 11.5 Å². The highest BCUT2D eigenvalue weighted by Crippen LogP contribution is 2.22. The predicted molar refractivity (Wildman–Crippen MR) is 119 cm³/mol. The summed E-state index contributed by atoms with van der Waals surface area (Å²) in [6, 6.07) is 16.9. The highest BCUT2D eigenvalue weighted by atomic mass is 16.2. The number of likely N-dealkylation sites (tertiary alicyclic amines) is 1. The summed E-state index contributed by atoms with van der Waals surface area (Å²) in [4.78, 5) is 34.4. The van der Waals surface area contributed by atoms with Gasteiger partial charge >= 0.3 is 0 Å². The zero-order valence-electron chi connectivity index (χ0n) is 17.1. The van der Waals surface area contributed by atoms with Gasteiger partial charge in [0.05, 0.1) is 5.69 Å². The monoisotopic (exact) mass is 413 g/mol. The summed E-state index contributed by atoms with van der Waals surface area (Å²) in [7, 11) is 0. The smallest absolute Gasteiger partial charge is 0.270 e. The lowest BCUT2D eigenvalue weighted by molar-refractivity contribution is 0.0675. The van der Waals surface area contributed by atoms with Crippen molar-refractivity contribution in [3.05, 3.63) is 83.0 Å². The summed E-state index contributed by atoms with van der Waals surface area (Å²) in [6.45, 7) is 1.92. The van der Waals surface area contributed by atoms with Crippen LogP contribution in [0, 0.1) is 5.92 Å². The van der Waals surface area contributed by atoms with E-state index < -0.39 is 0 Å². The predicted octanol–water partition coefficient (Wildman–Crippen LogP) is 3.34. The van der Waals surface area contributed by atoms with E-state index in [1.807, 2.05) is 47.4 Å². The second-order valence-corrected chi connectivity index (χ2v) is 7.98. The number of rotatable bonds is 4. The minimum absolute atomic E-state index is 0.0321. The Morgan fingerprint density at radius 1 is 1.03 bits per heavy atom. The number of pyridine rings is 1. The van der Waals surface area contributed by atoms with Gasteiger partial charge in [0.15, 0.2) is 0 Å². The summed E-state index contributed by atoms with van der Waals surface area (Å²) >= 11 is 0.